The van der Waals surface area contributed by atoms with E-state index < -0.39 is 0 Å². The highest BCUT2D eigenvalue weighted by Gasteiger charge is 1.94. The van der Waals surface area contributed by atoms with Gasteiger partial charge in [0.25, 0.3) is 0 Å². The van der Waals surface area contributed by atoms with Crippen molar-refractivity contribution in [3.63, 3.8) is 0 Å². The molecule has 3 heteroatoms. The number of rotatable bonds is 6. The third-order valence-electron chi connectivity index (χ3n) is 2.16. The average Bonchev–Trinajstić information content (AvgIpc) is 2.31. The number of hydrogen-bond acceptors (Lipinski definition) is 2. The number of unbranched alkanes of at least 4 members (excludes halogenated alkanes) is 1. The van der Waals surface area contributed by atoms with Crippen molar-refractivity contribution in [3.05, 3.63) is 35.9 Å². The Balaban J connectivity index is 0.000000325. The SMILES string of the molecule is CC(N)Cc1ccccc1.CCCCNC=O. The van der Waals surface area contributed by atoms with Gasteiger partial charge in [0.2, 0.25) is 6.41 Å². The van der Waals surface area contributed by atoms with Crippen molar-refractivity contribution in [2.24, 2.45) is 5.73 Å². The lowest BCUT2D eigenvalue weighted by atomic mass is 10.1. The molecule has 0 radical (unpaired) electrons. The molecule has 0 aliphatic heterocycles. The molecule has 0 fully saturated rings. The Morgan fingerprint density at radius 3 is 2.47 bits per heavy atom. The lowest BCUT2D eigenvalue weighted by Gasteiger charge is -2.02. The Labute approximate surface area is 104 Å². The van der Waals surface area contributed by atoms with Crippen molar-refractivity contribution in [3.8, 4) is 0 Å². The van der Waals surface area contributed by atoms with Crippen LogP contribution in [0.25, 0.3) is 0 Å². The summed E-state index contributed by atoms with van der Waals surface area (Å²) in [5.41, 5.74) is 6.94. The van der Waals surface area contributed by atoms with Gasteiger partial charge in [-0.1, -0.05) is 43.7 Å². The van der Waals surface area contributed by atoms with Gasteiger partial charge in [-0.2, -0.15) is 0 Å². The van der Waals surface area contributed by atoms with Crippen LogP contribution in [0.15, 0.2) is 30.3 Å². The van der Waals surface area contributed by atoms with E-state index in [1.165, 1.54) is 5.56 Å². The Bertz CT molecular complexity index is 273. The first-order valence-corrected chi connectivity index (χ1v) is 6.17. The largest absolute Gasteiger partial charge is 0.359 e. The van der Waals surface area contributed by atoms with E-state index in [4.69, 9.17) is 5.73 Å². The van der Waals surface area contributed by atoms with Gasteiger partial charge in [0, 0.05) is 12.6 Å². The van der Waals surface area contributed by atoms with Gasteiger partial charge >= 0.3 is 0 Å². The second-order valence-corrected chi connectivity index (χ2v) is 4.09. The van der Waals surface area contributed by atoms with Crippen LogP contribution in [-0.4, -0.2) is 19.0 Å². The minimum absolute atomic E-state index is 0.266. The molecule has 0 aliphatic rings. The van der Waals surface area contributed by atoms with Crippen LogP contribution in [-0.2, 0) is 11.2 Å². The van der Waals surface area contributed by atoms with E-state index in [9.17, 15) is 4.79 Å². The maximum Gasteiger partial charge on any atom is 0.207 e. The minimum Gasteiger partial charge on any atom is -0.359 e. The summed E-state index contributed by atoms with van der Waals surface area (Å²) in [6.07, 6.45) is 3.93. The molecular formula is C14H24N2O. The van der Waals surface area contributed by atoms with Crippen LogP contribution in [0, 0.1) is 0 Å². The van der Waals surface area contributed by atoms with Crippen LogP contribution < -0.4 is 11.1 Å². The van der Waals surface area contributed by atoms with Crippen LogP contribution >= 0.6 is 0 Å². The zero-order valence-electron chi connectivity index (χ0n) is 10.9. The molecule has 96 valence electrons. The molecule has 1 atom stereocenters. The molecule has 0 spiro atoms. The van der Waals surface area contributed by atoms with Gasteiger partial charge in [-0.25, -0.2) is 0 Å². The fourth-order valence-corrected chi connectivity index (χ4v) is 1.32. The van der Waals surface area contributed by atoms with Crippen LogP contribution in [0.3, 0.4) is 0 Å². The predicted molar refractivity (Wildman–Crippen MR) is 72.8 cm³/mol. The molecule has 17 heavy (non-hydrogen) atoms. The van der Waals surface area contributed by atoms with Gasteiger partial charge in [-0.15, -0.1) is 0 Å². The molecular weight excluding hydrogens is 212 g/mol. The van der Waals surface area contributed by atoms with E-state index >= 15 is 0 Å². The molecule has 0 aliphatic carbocycles. The number of benzene rings is 1. The van der Waals surface area contributed by atoms with Gasteiger partial charge in [0.1, 0.15) is 0 Å². The van der Waals surface area contributed by atoms with Crippen molar-refractivity contribution in [2.45, 2.75) is 39.2 Å². The molecule has 1 aromatic rings. The first-order chi connectivity index (χ1) is 8.20. The number of hydrogen-bond donors (Lipinski definition) is 2. The highest BCUT2D eigenvalue weighted by molar-refractivity contribution is 5.45. The average molecular weight is 236 g/mol. The van der Waals surface area contributed by atoms with E-state index in [0.29, 0.717) is 0 Å². The van der Waals surface area contributed by atoms with Gasteiger partial charge in [0.05, 0.1) is 0 Å². The molecule has 1 aromatic carbocycles. The van der Waals surface area contributed by atoms with Crippen molar-refractivity contribution < 1.29 is 4.79 Å². The summed E-state index contributed by atoms with van der Waals surface area (Å²) in [5.74, 6) is 0. The van der Waals surface area contributed by atoms with Gasteiger partial charge in [-0.05, 0) is 25.3 Å². The quantitative estimate of drug-likeness (QED) is 0.587. The van der Waals surface area contributed by atoms with Crippen LogP contribution in [0.5, 0.6) is 0 Å². The first-order valence-electron chi connectivity index (χ1n) is 6.17. The lowest BCUT2D eigenvalue weighted by molar-refractivity contribution is -0.109. The van der Waals surface area contributed by atoms with Crippen LogP contribution in [0.4, 0.5) is 0 Å². The number of carbonyl (C=O) groups excluding carboxylic acids is 1. The first kappa shape index (κ1) is 15.7. The molecule has 3 N–H and O–H groups in total. The van der Waals surface area contributed by atoms with Crippen LogP contribution in [0.2, 0.25) is 0 Å². The van der Waals surface area contributed by atoms with Crippen molar-refractivity contribution in [1.29, 1.82) is 0 Å². The fraction of sp³-hybridized carbons (Fsp3) is 0.500. The standard InChI is InChI=1S/C9H13N.C5H11NO/c1-8(10)7-9-5-3-2-4-6-9;1-2-3-4-6-5-7/h2-6,8H,7,10H2,1H3;5H,2-4H2,1H3,(H,6,7). The Kier molecular flexibility index (Phi) is 10.3. The topological polar surface area (TPSA) is 55.1 Å². The summed E-state index contributed by atoms with van der Waals surface area (Å²) in [6, 6.07) is 10.6. The van der Waals surface area contributed by atoms with Gasteiger partial charge in [-0.3, -0.25) is 4.79 Å². The normalized spacial score (nSPS) is 11.0. The molecule has 0 saturated carbocycles. The monoisotopic (exact) mass is 236 g/mol. The van der Waals surface area contributed by atoms with Crippen LogP contribution in [0.1, 0.15) is 32.3 Å². The lowest BCUT2D eigenvalue weighted by Crippen LogP contribution is -2.17. The Morgan fingerprint density at radius 2 is 2.00 bits per heavy atom. The van der Waals surface area contributed by atoms with E-state index in [1.807, 2.05) is 25.1 Å². The van der Waals surface area contributed by atoms with E-state index in [1.54, 1.807) is 0 Å². The Hall–Kier alpha value is -1.35. The highest BCUT2D eigenvalue weighted by Crippen LogP contribution is 2.00. The number of carbonyl (C=O) groups is 1. The zero-order chi connectivity index (χ0) is 12.9. The van der Waals surface area contributed by atoms with E-state index in [0.717, 1.165) is 32.2 Å². The number of amides is 1. The third-order valence-corrected chi connectivity index (χ3v) is 2.16. The highest BCUT2D eigenvalue weighted by atomic mass is 16.1. The summed E-state index contributed by atoms with van der Waals surface area (Å²) in [7, 11) is 0. The zero-order valence-corrected chi connectivity index (χ0v) is 10.9. The molecule has 3 nitrogen and oxygen atoms in total. The summed E-state index contributed by atoms with van der Waals surface area (Å²) in [5, 5.41) is 2.57. The van der Waals surface area contributed by atoms with Crippen molar-refractivity contribution >= 4 is 6.41 Å². The molecule has 0 bridgehead atoms. The van der Waals surface area contributed by atoms with E-state index in [-0.39, 0.29) is 6.04 Å². The summed E-state index contributed by atoms with van der Waals surface area (Å²) >= 11 is 0. The summed E-state index contributed by atoms with van der Waals surface area (Å²) in [4.78, 5) is 9.57. The number of nitrogens with one attached hydrogen (secondary N) is 1. The molecule has 1 unspecified atom stereocenters. The second kappa shape index (κ2) is 11.1. The Morgan fingerprint density at radius 1 is 1.35 bits per heavy atom. The van der Waals surface area contributed by atoms with Crippen molar-refractivity contribution in [2.75, 3.05) is 6.54 Å². The van der Waals surface area contributed by atoms with Gasteiger partial charge < -0.3 is 11.1 Å². The van der Waals surface area contributed by atoms with Crippen molar-refractivity contribution in [1.82, 2.24) is 5.32 Å². The third kappa shape index (κ3) is 10.9. The summed E-state index contributed by atoms with van der Waals surface area (Å²) in [6.45, 7) is 4.93. The smallest absolute Gasteiger partial charge is 0.207 e. The number of nitrogens with two attached hydrogens (primary N) is 1. The second-order valence-electron chi connectivity index (χ2n) is 4.09. The fourth-order valence-electron chi connectivity index (χ4n) is 1.32. The molecule has 0 heterocycles. The molecule has 0 saturated heterocycles. The molecule has 0 aromatic heterocycles. The maximum absolute atomic E-state index is 9.57. The van der Waals surface area contributed by atoms with Gasteiger partial charge in [0.15, 0.2) is 0 Å². The minimum atomic E-state index is 0.266. The van der Waals surface area contributed by atoms with E-state index in [2.05, 4.69) is 24.4 Å². The predicted octanol–water partition coefficient (Wildman–Crippen LogP) is 2.11. The molecule has 1 amide bonds. The summed E-state index contributed by atoms with van der Waals surface area (Å²) < 4.78 is 0. The maximum atomic E-state index is 9.57. The molecule has 1 rings (SSSR count).